The zero-order valence-electron chi connectivity index (χ0n) is 8.61. The molecule has 2 aliphatic heterocycles. The number of fused-ring (bicyclic) bond motifs is 1. The minimum Gasteiger partial charge on any atom is -0.388 e. The summed E-state index contributed by atoms with van der Waals surface area (Å²) in [5, 5.41) is 12.8. The predicted octanol–water partition coefficient (Wildman–Crippen LogP) is 0.177. The standard InChI is InChI=1S/C11H15N3O/c15-9-4-8(5-12-6-9)10-7-13-11-2-1-3-14(10)11/h4,7,9,12,15H,1-3,5-6H2. The largest absolute Gasteiger partial charge is 0.388 e. The summed E-state index contributed by atoms with van der Waals surface area (Å²) in [5.74, 6) is 1.19. The molecular formula is C11H15N3O. The summed E-state index contributed by atoms with van der Waals surface area (Å²) in [7, 11) is 0. The van der Waals surface area contributed by atoms with Crippen LogP contribution in [0, 0.1) is 0 Å². The van der Waals surface area contributed by atoms with Crippen molar-refractivity contribution in [1.29, 1.82) is 0 Å². The van der Waals surface area contributed by atoms with Gasteiger partial charge < -0.3 is 15.0 Å². The van der Waals surface area contributed by atoms with Gasteiger partial charge in [-0.15, -0.1) is 0 Å². The molecule has 80 valence electrons. The molecule has 1 aromatic rings. The van der Waals surface area contributed by atoms with E-state index in [9.17, 15) is 5.11 Å². The molecule has 2 aliphatic rings. The quantitative estimate of drug-likeness (QED) is 0.687. The van der Waals surface area contributed by atoms with E-state index in [2.05, 4.69) is 14.9 Å². The molecule has 1 atom stereocenters. The molecule has 2 N–H and O–H groups in total. The van der Waals surface area contributed by atoms with Gasteiger partial charge >= 0.3 is 0 Å². The van der Waals surface area contributed by atoms with Gasteiger partial charge in [0, 0.05) is 26.1 Å². The second kappa shape index (κ2) is 3.47. The molecule has 0 saturated heterocycles. The third-order valence-corrected chi connectivity index (χ3v) is 3.11. The first kappa shape index (κ1) is 9.12. The Balaban J connectivity index is 1.98. The van der Waals surface area contributed by atoms with Crippen LogP contribution in [0.25, 0.3) is 5.57 Å². The molecule has 3 heterocycles. The fourth-order valence-corrected chi connectivity index (χ4v) is 2.40. The van der Waals surface area contributed by atoms with Gasteiger partial charge in [0.05, 0.1) is 18.0 Å². The van der Waals surface area contributed by atoms with Gasteiger partial charge in [0.1, 0.15) is 5.82 Å². The maximum absolute atomic E-state index is 9.56. The molecule has 4 nitrogen and oxygen atoms in total. The summed E-state index contributed by atoms with van der Waals surface area (Å²) < 4.78 is 2.27. The van der Waals surface area contributed by atoms with Crippen LogP contribution in [-0.4, -0.2) is 33.9 Å². The van der Waals surface area contributed by atoms with Crippen LogP contribution in [0.15, 0.2) is 12.3 Å². The van der Waals surface area contributed by atoms with Crippen LogP contribution in [0.1, 0.15) is 17.9 Å². The highest BCUT2D eigenvalue weighted by molar-refractivity contribution is 5.66. The van der Waals surface area contributed by atoms with E-state index in [1.165, 1.54) is 23.5 Å². The van der Waals surface area contributed by atoms with E-state index >= 15 is 0 Å². The van der Waals surface area contributed by atoms with Crippen molar-refractivity contribution in [3.63, 3.8) is 0 Å². The lowest BCUT2D eigenvalue weighted by molar-refractivity contribution is 0.217. The summed E-state index contributed by atoms with van der Waals surface area (Å²) in [5.41, 5.74) is 2.35. The van der Waals surface area contributed by atoms with Crippen molar-refractivity contribution in [2.24, 2.45) is 0 Å². The number of hydrogen-bond acceptors (Lipinski definition) is 3. The predicted molar refractivity (Wildman–Crippen MR) is 57.4 cm³/mol. The average molecular weight is 205 g/mol. The second-order valence-corrected chi connectivity index (χ2v) is 4.21. The third-order valence-electron chi connectivity index (χ3n) is 3.11. The summed E-state index contributed by atoms with van der Waals surface area (Å²) >= 11 is 0. The molecule has 0 fully saturated rings. The van der Waals surface area contributed by atoms with Crippen molar-refractivity contribution in [1.82, 2.24) is 14.9 Å². The topological polar surface area (TPSA) is 50.1 Å². The van der Waals surface area contributed by atoms with Crippen LogP contribution in [0.5, 0.6) is 0 Å². The molecule has 0 amide bonds. The highest BCUT2D eigenvalue weighted by Gasteiger charge is 2.20. The molecule has 0 radical (unpaired) electrons. The molecule has 0 saturated carbocycles. The first-order valence-corrected chi connectivity index (χ1v) is 5.49. The lowest BCUT2D eigenvalue weighted by atomic mass is 10.1. The van der Waals surface area contributed by atoms with Gasteiger partial charge in [-0.2, -0.15) is 0 Å². The number of rotatable bonds is 1. The Labute approximate surface area is 88.6 Å². The first-order valence-electron chi connectivity index (χ1n) is 5.49. The number of imidazole rings is 1. The Morgan fingerprint density at radius 3 is 3.33 bits per heavy atom. The fourth-order valence-electron chi connectivity index (χ4n) is 2.40. The lowest BCUT2D eigenvalue weighted by Crippen LogP contribution is -2.32. The summed E-state index contributed by atoms with van der Waals surface area (Å²) in [4.78, 5) is 4.41. The number of aryl methyl sites for hydroxylation is 1. The Kier molecular flexibility index (Phi) is 2.11. The SMILES string of the molecule is OC1C=C(c2cnc3n2CCC3)CNC1. The van der Waals surface area contributed by atoms with Crippen molar-refractivity contribution >= 4 is 5.57 Å². The fraction of sp³-hybridized carbons (Fsp3) is 0.545. The van der Waals surface area contributed by atoms with Crippen LogP contribution in [0.3, 0.4) is 0 Å². The van der Waals surface area contributed by atoms with Crippen molar-refractivity contribution < 1.29 is 5.11 Å². The van der Waals surface area contributed by atoms with Crippen LogP contribution >= 0.6 is 0 Å². The van der Waals surface area contributed by atoms with Crippen molar-refractivity contribution in [3.8, 4) is 0 Å². The molecule has 0 aliphatic carbocycles. The van der Waals surface area contributed by atoms with Gasteiger partial charge in [-0.1, -0.05) is 0 Å². The number of aliphatic hydroxyl groups is 1. The highest BCUT2D eigenvalue weighted by Crippen LogP contribution is 2.23. The Morgan fingerprint density at radius 2 is 2.47 bits per heavy atom. The molecule has 4 heteroatoms. The van der Waals surface area contributed by atoms with E-state index in [0.717, 1.165) is 19.5 Å². The van der Waals surface area contributed by atoms with Gasteiger partial charge in [-0.25, -0.2) is 4.98 Å². The van der Waals surface area contributed by atoms with Crippen molar-refractivity contribution in [2.45, 2.75) is 25.5 Å². The molecular weight excluding hydrogens is 190 g/mol. The van der Waals surface area contributed by atoms with E-state index in [1.54, 1.807) is 0 Å². The Hall–Kier alpha value is -1.13. The van der Waals surface area contributed by atoms with Gasteiger partial charge in [-0.05, 0) is 18.1 Å². The minimum absolute atomic E-state index is 0.360. The van der Waals surface area contributed by atoms with Gasteiger partial charge in [0.15, 0.2) is 0 Å². The van der Waals surface area contributed by atoms with Crippen LogP contribution < -0.4 is 5.32 Å². The third kappa shape index (κ3) is 1.50. The van der Waals surface area contributed by atoms with Crippen LogP contribution in [0.4, 0.5) is 0 Å². The normalized spacial score (nSPS) is 25.1. The Morgan fingerprint density at radius 1 is 1.53 bits per heavy atom. The first-order chi connectivity index (χ1) is 7.34. The highest BCUT2D eigenvalue weighted by atomic mass is 16.3. The number of aliphatic hydroxyl groups excluding tert-OH is 1. The van der Waals surface area contributed by atoms with E-state index < -0.39 is 0 Å². The number of β-amino-alcohol motifs (C(OH)–C–C–N with tert-alkyl or cyclic N) is 1. The lowest BCUT2D eigenvalue weighted by Gasteiger charge is -2.19. The van der Waals surface area contributed by atoms with E-state index in [4.69, 9.17) is 0 Å². The van der Waals surface area contributed by atoms with Gasteiger partial charge in [-0.3, -0.25) is 0 Å². The maximum Gasteiger partial charge on any atom is 0.109 e. The molecule has 0 spiro atoms. The molecule has 3 rings (SSSR count). The van der Waals surface area contributed by atoms with Crippen LogP contribution in [-0.2, 0) is 13.0 Å². The average Bonchev–Trinajstić information content (AvgIpc) is 2.77. The van der Waals surface area contributed by atoms with Gasteiger partial charge in [0.25, 0.3) is 0 Å². The van der Waals surface area contributed by atoms with E-state index in [1.807, 2.05) is 12.3 Å². The molecule has 0 aromatic carbocycles. The monoisotopic (exact) mass is 205 g/mol. The van der Waals surface area contributed by atoms with E-state index in [0.29, 0.717) is 6.54 Å². The molecule has 15 heavy (non-hydrogen) atoms. The van der Waals surface area contributed by atoms with E-state index in [-0.39, 0.29) is 6.10 Å². The van der Waals surface area contributed by atoms with Crippen molar-refractivity contribution in [2.75, 3.05) is 13.1 Å². The minimum atomic E-state index is -0.360. The zero-order valence-corrected chi connectivity index (χ0v) is 8.61. The maximum atomic E-state index is 9.56. The van der Waals surface area contributed by atoms with Crippen molar-refractivity contribution in [3.05, 3.63) is 23.8 Å². The smallest absolute Gasteiger partial charge is 0.109 e. The van der Waals surface area contributed by atoms with Crippen LogP contribution in [0.2, 0.25) is 0 Å². The zero-order chi connectivity index (χ0) is 10.3. The summed E-state index contributed by atoms with van der Waals surface area (Å²) in [6.07, 6.45) is 5.79. The molecule has 1 aromatic heterocycles. The second-order valence-electron chi connectivity index (χ2n) is 4.21. The Bertz CT molecular complexity index is 408. The number of hydrogen-bond donors (Lipinski definition) is 2. The van der Waals surface area contributed by atoms with Gasteiger partial charge in [0.2, 0.25) is 0 Å². The number of aromatic nitrogens is 2. The number of nitrogens with one attached hydrogen (secondary N) is 1. The summed E-state index contributed by atoms with van der Waals surface area (Å²) in [6, 6.07) is 0. The molecule has 1 unspecified atom stereocenters. The summed E-state index contributed by atoms with van der Waals surface area (Å²) in [6.45, 7) is 2.56. The number of nitrogens with zero attached hydrogens (tertiary/aromatic N) is 2. The molecule has 0 bridgehead atoms.